The third-order valence-corrected chi connectivity index (χ3v) is 4.86. The van der Waals surface area contributed by atoms with Crippen LogP contribution in [0.15, 0.2) is 46.0 Å². The van der Waals surface area contributed by atoms with Crippen LogP contribution in [0.5, 0.6) is 11.5 Å². The van der Waals surface area contributed by atoms with Crippen molar-refractivity contribution in [1.82, 2.24) is 10.6 Å². The fraction of sp³-hybridized carbons (Fsp3) is 0.143. The molecule has 3 aromatic rings. The molecule has 0 bridgehead atoms. The zero-order valence-corrected chi connectivity index (χ0v) is 18.5. The van der Waals surface area contributed by atoms with Crippen molar-refractivity contribution >= 4 is 41.2 Å². The summed E-state index contributed by atoms with van der Waals surface area (Å²) in [6.45, 7) is 1.31. The number of halogens is 2. The Bertz CT molecular complexity index is 1170. The summed E-state index contributed by atoms with van der Waals surface area (Å²) >= 11 is 12.5. The van der Waals surface area contributed by atoms with Crippen LogP contribution in [-0.4, -0.2) is 36.9 Å². The van der Waals surface area contributed by atoms with Gasteiger partial charge in [-0.3, -0.25) is 9.59 Å². The molecule has 0 spiro atoms. The Hall–Kier alpha value is -3.56. The lowest BCUT2D eigenvalue weighted by Gasteiger charge is -2.09. The first-order valence-electron chi connectivity index (χ1n) is 9.15. The number of methoxy groups -OCH3 is 1. The standard InChI is InChI=1S/C21H18Cl2N4O5/c1-11-18(20(27-32-11)19-13(22)4-3-5-14(19)23)21(29)26-25-9-12-6-7-15(16(8-12)30-2)31-10-17(24)28/h3-9H,10H2,1-2H3,(H2,24,28)(H,26,29)/b25-9+. The summed E-state index contributed by atoms with van der Waals surface area (Å²) in [5.41, 5.74) is 8.86. The Labute approximate surface area is 193 Å². The van der Waals surface area contributed by atoms with E-state index in [1.165, 1.54) is 13.3 Å². The quantitative estimate of drug-likeness (QED) is 0.377. The molecule has 32 heavy (non-hydrogen) atoms. The molecule has 0 unspecified atom stereocenters. The van der Waals surface area contributed by atoms with Gasteiger partial charge in [-0.25, -0.2) is 5.43 Å². The highest BCUT2D eigenvalue weighted by molar-refractivity contribution is 6.39. The van der Waals surface area contributed by atoms with Crippen molar-refractivity contribution in [3.63, 3.8) is 0 Å². The van der Waals surface area contributed by atoms with Crippen LogP contribution in [0.25, 0.3) is 11.3 Å². The molecule has 2 aromatic carbocycles. The van der Waals surface area contributed by atoms with E-state index in [-0.39, 0.29) is 23.6 Å². The van der Waals surface area contributed by atoms with Crippen LogP contribution >= 0.6 is 23.2 Å². The van der Waals surface area contributed by atoms with Crippen molar-refractivity contribution in [2.45, 2.75) is 6.92 Å². The minimum absolute atomic E-state index is 0.157. The van der Waals surface area contributed by atoms with E-state index in [0.717, 1.165) is 0 Å². The van der Waals surface area contributed by atoms with Crippen LogP contribution in [-0.2, 0) is 4.79 Å². The predicted octanol–water partition coefficient (Wildman–Crippen LogP) is 3.59. The Kier molecular flexibility index (Phi) is 7.34. The number of aromatic nitrogens is 1. The van der Waals surface area contributed by atoms with E-state index in [1.807, 2.05) is 0 Å². The first-order chi connectivity index (χ1) is 15.3. The first kappa shape index (κ1) is 23.1. The van der Waals surface area contributed by atoms with Gasteiger partial charge in [0.2, 0.25) is 0 Å². The second-order valence-electron chi connectivity index (χ2n) is 6.42. The van der Waals surface area contributed by atoms with E-state index in [0.29, 0.717) is 32.7 Å². The summed E-state index contributed by atoms with van der Waals surface area (Å²) < 4.78 is 15.7. The number of hydrogen-bond donors (Lipinski definition) is 2. The molecule has 1 heterocycles. The zero-order chi connectivity index (χ0) is 23.3. The molecule has 0 saturated carbocycles. The van der Waals surface area contributed by atoms with Crippen LogP contribution in [0.3, 0.4) is 0 Å². The van der Waals surface area contributed by atoms with Crippen LogP contribution in [0.2, 0.25) is 10.0 Å². The molecule has 2 amide bonds. The maximum Gasteiger partial charge on any atom is 0.277 e. The van der Waals surface area contributed by atoms with Crippen LogP contribution in [0.1, 0.15) is 21.7 Å². The molecule has 0 saturated heterocycles. The van der Waals surface area contributed by atoms with Gasteiger partial charge < -0.3 is 19.7 Å². The van der Waals surface area contributed by atoms with Crippen molar-refractivity contribution < 1.29 is 23.6 Å². The number of nitrogens with one attached hydrogen (secondary N) is 1. The topological polar surface area (TPSA) is 129 Å². The van der Waals surface area contributed by atoms with E-state index in [4.69, 9.17) is 42.9 Å². The average Bonchev–Trinajstić information content (AvgIpc) is 3.13. The largest absolute Gasteiger partial charge is 0.493 e. The molecule has 1 aromatic heterocycles. The fourth-order valence-electron chi connectivity index (χ4n) is 2.79. The first-order valence-corrected chi connectivity index (χ1v) is 9.90. The number of hydrazone groups is 1. The predicted molar refractivity (Wildman–Crippen MR) is 119 cm³/mol. The number of aryl methyl sites for hydroxylation is 1. The fourth-order valence-corrected chi connectivity index (χ4v) is 3.36. The van der Waals surface area contributed by atoms with E-state index < -0.39 is 11.8 Å². The van der Waals surface area contributed by atoms with Crippen molar-refractivity contribution in [1.29, 1.82) is 0 Å². The molecular formula is C21H18Cl2N4O5. The Balaban J connectivity index is 1.78. The smallest absolute Gasteiger partial charge is 0.277 e. The number of primary amides is 1. The van der Waals surface area contributed by atoms with Gasteiger partial charge in [-0.15, -0.1) is 0 Å². The van der Waals surface area contributed by atoms with E-state index in [2.05, 4.69) is 15.7 Å². The lowest BCUT2D eigenvalue weighted by molar-refractivity contribution is -0.119. The normalized spacial score (nSPS) is 10.9. The highest BCUT2D eigenvalue weighted by atomic mass is 35.5. The number of hydrogen-bond acceptors (Lipinski definition) is 7. The monoisotopic (exact) mass is 476 g/mol. The van der Waals surface area contributed by atoms with Crippen molar-refractivity contribution in [2.75, 3.05) is 13.7 Å². The average molecular weight is 477 g/mol. The molecule has 166 valence electrons. The summed E-state index contributed by atoms with van der Waals surface area (Å²) in [7, 11) is 1.45. The third kappa shape index (κ3) is 5.19. The molecule has 11 heteroatoms. The number of carbonyl (C=O) groups excluding carboxylic acids is 2. The van der Waals surface area contributed by atoms with Gasteiger partial charge in [0.1, 0.15) is 17.0 Å². The van der Waals surface area contributed by atoms with Gasteiger partial charge in [0.15, 0.2) is 18.1 Å². The summed E-state index contributed by atoms with van der Waals surface area (Å²) in [5, 5.41) is 8.56. The highest BCUT2D eigenvalue weighted by Crippen LogP contribution is 2.36. The summed E-state index contributed by atoms with van der Waals surface area (Å²) in [6.07, 6.45) is 1.41. The molecule has 0 aliphatic heterocycles. The van der Waals surface area contributed by atoms with Gasteiger partial charge >= 0.3 is 0 Å². The zero-order valence-electron chi connectivity index (χ0n) is 17.0. The molecule has 0 fully saturated rings. The number of amides is 2. The lowest BCUT2D eigenvalue weighted by atomic mass is 10.1. The van der Waals surface area contributed by atoms with Gasteiger partial charge in [-0.1, -0.05) is 34.4 Å². The van der Waals surface area contributed by atoms with Crippen LogP contribution < -0.4 is 20.6 Å². The number of nitrogens with two attached hydrogens (primary N) is 1. The maximum absolute atomic E-state index is 12.8. The Morgan fingerprint density at radius 1 is 1.22 bits per heavy atom. The van der Waals surface area contributed by atoms with Crippen molar-refractivity contribution in [2.24, 2.45) is 10.8 Å². The van der Waals surface area contributed by atoms with Crippen molar-refractivity contribution in [3.8, 4) is 22.8 Å². The lowest BCUT2D eigenvalue weighted by Crippen LogP contribution is -2.20. The van der Waals surface area contributed by atoms with Crippen LogP contribution in [0.4, 0.5) is 0 Å². The van der Waals surface area contributed by atoms with Gasteiger partial charge in [-0.05, 0) is 42.8 Å². The minimum atomic E-state index is -0.609. The second-order valence-corrected chi connectivity index (χ2v) is 7.24. The van der Waals surface area contributed by atoms with E-state index in [9.17, 15) is 9.59 Å². The number of benzene rings is 2. The van der Waals surface area contributed by atoms with Gasteiger partial charge in [0.25, 0.3) is 11.8 Å². The number of ether oxygens (including phenoxy) is 2. The highest BCUT2D eigenvalue weighted by Gasteiger charge is 2.24. The molecular weight excluding hydrogens is 459 g/mol. The molecule has 0 aliphatic rings. The van der Waals surface area contributed by atoms with Gasteiger partial charge in [-0.2, -0.15) is 5.10 Å². The molecule has 0 radical (unpaired) electrons. The third-order valence-electron chi connectivity index (χ3n) is 4.23. The van der Waals surface area contributed by atoms with E-state index in [1.54, 1.807) is 43.3 Å². The molecule has 9 nitrogen and oxygen atoms in total. The summed E-state index contributed by atoms with van der Waals surface area (Å²) in [4.78, 5) is 23.6. The molecule has 0 atom stereocenters. The summed E-state index contributed by atoms with van der Waals surface area (Å²) in [5.74, 6) is -0.177. The second kappa shape index (κ2) is 10.2. The SMILES string of the molecule is COc1cc(/C=N/NC(=O)c2c(-c3c(Cl)cccc3Cl)noc2C)ccc1OCC(N)=O. The summed E-state index contributed by atoms with van der Waals surface area (Å²) in [6, 6.07) is 9.82. The van der Waals surface area contributed by atoms with Crippen LogP contribution in [0, 0.1) is 6.92 Å². The maximum atomic E-state index is 12.8. The minimum Gasteiger partial charge on any atom is -0.493 e. The number of rotatable bonds is 8. The van der Waals surface area contributed by atoms with Gasteiger partial charge in [0.05, 0.1) is 23.4 Å². The van der Waals surface area contributed by atoms with E-state index >= 15 is 0 Å². The molecule has 0 aliphatic carbocycles. The number of nitrogens with zero attached hydrogens (tertiary/aromatic N) is 2. The number of carbonyl (C=O) groups is 2. The molecule has 3 N–H and O–H groups in total. The van der Waals surface area contributed by atoms with Crippen molar-refractivity contribution in [3.05, 3.63) is 63.3 Å². The Morgan fingerprint density at radius 3 is 2.59 bits per heavy atom. The molecule has 3 rings (SSSR count). The van der Waals surface area contributed by atoms with Gasteiger partial charge in [0, 0.05) is 5.56 Å². The Morgan fingerprint density at radius 2 is 1.94 bits per heavy atom.